The van der Waals surface area contributed by atoms with Gasteiger partial charge in [0.15, 0.2) is 0 Å². The zero-order chi connectivity index (χ0) is 13.9. The van der Waals surface area contributed by atoms with Gasteiger partial charge in [-0.05, 0) is 23.6 Å². The second kappa shape index (κ2) is 5.34. The zero-order valence-corrected chi connectivity index (χ0v) is 11.3. The number of imidazole rings is 1. The summed E-state index contributed by atoms with van der Waals surface area (Å²) in [6.45, 7) is 0. The third-order valence-electron chi connectivity index (χ3n) is 3.04. The highest BCUT2D eigenvalue weighted by molar-refractivity contribution is 7.08. The van der Waals surface area contributed by atoms with Crippen molar-refractivity contribution in [2.75, 3.05) is 0 Å². The summed E-state index contributed by atoms with van der Waals surface area (Å²) >= 11 is 1.55. The lowest BCUT2D eigenvalue weighted by Crippen LogP contribution is -2.21. The highest BCUT2D eigenvalue weighted by Crippen LogP contribution is 2.25. The van der Waals surface area contributed by atoms with E-state index in [1.807, 2.05) is 16.8 Å². The molecule has 0 spiro atoms. The van der Waals surface area contributed by atoms with Gasteiger partial charge in [-0.1, -0.05) is 0 Å². The molecule has 1 atom stereocenters. The molecule has 3 aromatic heterocycles. The van der Waals surface area contributed by atoms with Crippen molar-refractivity contribution in [3.8, 4) is 11.4 Å². The number of thiophene rings is 1. The molecule has 5 nitrogen and oxygen atoms in total. The number of furan rings is 1. The highest BCUT2D eigenvalue weighted by atomic mass is 32.1. The SMILES string of the molecule is O=C(O)C(Cc1ccco1)n1ccnc1-c1ccsc1. The quantitative estimate of drug-likeness (QED) is 0.783. The average Bonchev–Trinajstić information content (AvgIpc) is 3.16. The summed E-state index contributed by atoms with van der Waals surface area (Å²) in [5.41, 5.74) is 0.922. The van der Waals surface area contributed by atoms with E-state index in [9.17, 15) is 9.90 Å². The molecular weight excluding hydrogens is 276 g/mol. The number of aliphatic carboxylic acids is 1. The van der Waals surface area contributed by atoms with Gasteiger partial charge in [-0.25, -0.2) is 9.78 Å². The van der Waals surface area contributed by atoms with Crippen LogP contribution in [0.15, 0.2) is 52.0 Å². The summed E-state index contributed by atoms with van der Waals surface area (Å²) in [7, 11) is 0. The third kappa shape index (κ3) is 2.37. The lowest BCUT2D eigenvalue weighted by Gasteiger charge is -2.15. The molecule has 0 aliphatic carbocycles. The van der Waals surface area contributed by atoms with Gasteiger partial charge in [0.1, 0.15) is 17.6 Å². The largest absolute Gasteiger partial charge is 0.480 e. The van der Waals surface area contributed by atoms with Crippen molar-refractivity contribution in [1.29, 1.82) is 0 Å². The summed E-state index contributed by atoms with van der Waals surface area (Å²) in [5.74, 6) is 0.392. The Morgan fingerprint density at radius 2 is 2.40 bits per heavy atom. The van der Waals surface area contributed by atoms with Crippen molar-refractivity contribution in [2.24, 2.45) is 0 Å². The van der Waals surface area contributed by atoms with E-state index >= 15 is 0 Å². The molecule has 3 rings (SSSR count). The minimum atomic E-state index is -0.907. The van der Waals surface area contributed by atoms with Crippen molar-refractivity contribution >= 4 is 17.3 Å². The fourth-order valence-corrected chi connectivity index (χ4v) is 2.74. The van der Waals surface area contributed by atoms with Crippen LogP contribution in [0.3, 0.4) is 0 Å². The predicted molar refractivity (Wildman–Crippen MR) is 74.6 cm³/mol. The van der Waals surface area contributed by atoms with Crippen LogP contribution >= 0.6 is 11.3 Å². The summed E-state index contributed by atoms with van der Waals surface area (Å²) in [6, 6.07) is 4.72. The van der Waals surface area contributed by atoms with Crippen molar-refractivity contribution in [3.63, 3.8) is 0 Å². The Labute approximate surface area is 119 Å². The third-order valence-corrected chi connectivity index (χ3v) is 3.73. The molecule has 0 aliphatic rings. The average molecular weight is 288 g/mol. The first kappa shape index (κ1) is 12.7. The Balaban J connectivity index is 1.96. The van der Waals surface area contributed by atoms with Gasteiger partial charge in [-0.3, -0.25) is 0 Å². The molecule has 20 heavy (non-hydrogen) atoms. The van der Waals surface area contributed by atoms with Crippen LogP contribution in [0.1, 0.15) is 11.8 Å². The van der Waals surface area contributed by atoms with Crippen LogP contribution in [0.4, 0.5) is 0 Å². The van der Waals surface area contributed by atoms with Crippen LogP contribution in [0.2, 0.25) is 0 Å². The van der Waals surface area contributed by atoms with Gasteiger partial charge in [0.25, 0.3) is 0 Å². The van der Waals surface area contributed by atoms with Crippen molar-refractivity contribution in [2.45, 2.75) is 12.5 Å². The van der Waals surface area contributed by atoms with Crippen molar-refractivity contribution in [3.05, 3.63) is 53.4 Å². The highest BCUT2D eigenvalue weighted by Gasteiger charge is 2.24. The number of hydrogen-bond acceptors (Lipinski definition) is 4. The number of hydrogen-bond donors (Lipinski definition) is 1. The van der Waals surface area contributed by atoms with Crippen LogP contribution in [-0.4, -0.2) is 20.6 Å². The molecule has 0 radical (unpaired) electrons. The Morgan fingerprint density at radius 1 is 1.50 bits per heavy atom. The Bertz CT molecular complexity index is 686. The van der Waals surface area contributed by atoms with Gasteiger partial charge in [0.2, 0.25) is 0 Å². The van der Waals surface area contributed by atoms with E-state index in [4.69, 9.17) is 4.42 Å². The fourth-order valence-electron chi connectivity index (χ4n) is 2.10. The van der Waals surface area contributed by atoms with E-state index in [-0.39, 0.29) is 6.42 Å². The summed E-state index contributed by atoms with van der Waals surface area (Å²) in [6.07, 6.45) is 5.14. The topological polar surface area (TPSA) is 68.3 Å². The summed E-state index contributed by atoms with van der Waals surface area (Å²) < 4.78 is 6.92. The molecular formula is C14H12N2O3S. The van der Waals surface area contributed by atoms with Gasteiger partial charge in [-0.2, -0.15) is 11.3 Å². The first-order valence-corrected chi connectivity index (χ1v) is 7.00. The Morgan fingerprint density at radius 3 is 3.05 bits per heavy atom. The maximum atomic E-state index is 11.6. The maximum Gasteiger partial charge on any atom is 0.327 e. The lowest BCUT2D eigenvalue weighted by molar-refractivity contribution is -0.140. The Kier molecular flexibility index (Phi) is 3.39. The molecule has 0 bridgehead atoms. The van der Waals surface area contributed by atoms with Crippen molar-refractivity contribution in [1.82, 2.24) is 9.55 Å². The van der Waals surface area contributed by atoms with Crippen LogP contribution in [0.5, 0.6) is 0 Å². The fraction of sp³-hybridized carbons (Fsp3) is 0.143. The molecule has 0 aliphatic heterocycles. The van der Waals surface area contributed by atoms with E-state index in [0.29, 0.717) is 11.6 Å². The van der Waals surface area contributed by atoms with Gasteiger partial charge in [0, 0.05) is 29.8 Å². The van der Waals surface area contributed by atoms with Crippen molar-refractivity contribution < 1.29 is 14.3 Å². The molecule has 102 valence electrons. The van der Waals surface area contributed by atoms with Gasteiger partial charge < -0.3 is 14.1 Å². The monoisotopic (exact) mass is 288 g/mol. The normalized spacial score (nSPS) is 12.4. The standard InChI is InChI=1S/C14H12N2O3S/c17-14(18)12(8-11-2-1-6-19-11)16-5-4-15-13(16)10-3-7-20-9-10/h1-7,9,12H,8H2,(H,17,18). The molecule has 0 aromatic carbocycles. The molecule has 0 amide bonds. The molecule has 0 fully saturated rings. The number of carboxylic acids is 1. The lowest BCUT2D eigenvalue weighted by atomic mass is 10.1. The van der Waals surface area contributed by atoms with Crippen LogP contribution in [0.25, 0.3) is 11.4 Å². The number of carboxylic acid groups (broad SMARTS) is 1. The molecule has 6 heteroatoms. The number of rotatable bonds is 5. The predicted octanol–water partition coefficient (Wildman–Crippen LogP) is 3.07. The smallest absolute Gasteiger partial charge is 0.327 e. The zero-order valence-electron chi connectivity index (χ0n) is 10.5. The second-order valence-electron chi connectivity index (χ2n) is 4.31. The van der Waals surface area contributed by atoms with Gasteiger partial charge >= 0.3 is 5.97 Å². The minimum absolute atomic E-state index is 0.288. The summed E-state index contributed by atoms with van der Waals surface area (Å²) in [5, 5.41) is 13.4. The number of carbonyl (C=O) groups is 1. The van der Waals surface area contributed by atoms with E-state index in [1.165, 1.54) is 0 Å². The van der Waals surface area contributed by atoms with E-state index < -0.39 is 12.0 Å². The van der Waals surface area contributed by atoms with E-state index in [0.717, 1.165) is 5.56 Å². The second-order valence-corrected chi connectivity index (χ2v) is 5.09. The maximum absolute atomic E-state index is 11.6. The summed E-state index contributed by atoms with van der Waals surface area (Å²) in [4.78, 5) is 15.8. The molecule has 0 saturated heterocycles. The van der Waals surface area contributed by atoms with Crippen LogP contribution in [-0.2, 0) is 11.2 Å². The first-order chi connectivity index (χ1) is 9.75. The van der Waals surface area contributed by atoms with Crippen LogP contribution < -0.4 is 0 Å². The number of aromatic nitrogens is 2. The van der Waals surface area contributed by atoms with E-state index in [2.05, 4.69) is 4.98 Å². The van der Waals surface area contributed by atoms with Gasteiger partial charge in [0.05, 0.1) is 6.26 Å². The van der Waals surface area contributed by atoms with E-state index in [1.54, 1.807) is 46.7 Å². The van der Waals surface area contributed by atoms with Gasteiger partial charge in [-0.15, -0.1) is 0 Å². The molecule has 3 heterocycles. The Hall–Kier alpha value is -2.34. The molecule has 1 unspecified atom stereocenters. The molecule has 0 saturated carbocycles. The minimum Gasteiger partial charge on any atom is -0.480 e. The number of nitrogens with zero attached hydrogens (tertiary/aromatic N) is 2. The first-order valence-electron chi connectivity index (χ1n) is 6.06. The molecule has 3 aromatic rings. The van der Waals surface area contributed by atoms with Crippen LogP contribution in [0, 0.1) is 0 Å². The molecule has 1 N–H and O–H groups in total.